The molecule has 2 heterocycles. The van der Waals surface area contributed by atoms with Crippen molar-refractivity contribution < 1.29 is 23.7 Å². The molecule has 34 heavy (non-hydrogen) atoms. The van der Waals surface area contributed by atoms with Gasteiger partial charge in [0.25, 0.3) is 0 Å². The normalized spacial score (nSPS) is 16.0. The molecule has 5 rings (SSSR count). The summed E-state index contributed by atoms with van der Waals surface area (Å²) in [5, 5.41) is 0. The molecule has 0 saturated heterocycles. The Morgan fingerprint density at radius 3 is 2.47 bits per heavy atom. The number of nitrogens with zero attached hydrogens (tertiary/aromatic N) is 1. The first kappa shape index (κ1) is 22.0. The van der Waals surface area contributed by atoms with Gasteiger partial charge in [0.15, 0.2) is 17.3 Å². The van der Waals surface area contributed by atoms with Crippen molar-refractivity contribution in [1.29, 1.82) is 0 Å². The van der Waals surface area contributed by atoms with Gasteiger partial charge in [-0.05, 0) is 49.2 Å². The number of benzene rings is 3. The van der Waals surface area contributed by atoms with Gasteiger partial charge in [0, 0.05) is 24.2 Å². The Morgan fingerprint density at radius 1 is 0.971 bits per heavy atom. The molecule has 2 aliphatic rings. The number of ether oxygens (including phenoxy) is 4. The summed E-state index contributed by atoms with van der Waals surface area (Å²) in [5.74, 6) is 2.74. The van der Waals surface area contributed by atoms with E-state index in [9.17, 15) is 4.79 Å². The van der Waals surface area contributed by atoms with Gasteiger partial charge in [-0.3, -0.25) is 9.69 Å². The maximum absolute atomic E-state index is 13.2. The van der Waals surface area contributed by atoms with Gasteiger partial charge in [0.2, 0.25) is 5.78 Å². The number of Topliss-reactive ketones (excluding diaryl/α,β-unsaturated/α-hetero) is 1. The van der Waals surface area contributed by atoms with Crippen LogP contribution in [0.4, 0.5) is 0 Å². The van der Waals surface area contributed by atoms with Gasteiger partial charge in [0.1, 0.15) is 18.2 Å². The number of ketones is 1. The fourth-order valence-corrected chi connectivity index (χ4v) is 4.44. The Bertz CT molecular complexity index is 1290. The van der Waals surface area contributed by atoms with E-state index in [-0.39, 0.29) is 11.5 Å². The summed E-state index contributed by atoms with van der Waals surface area (Å²) in [5.41, 5.74) is 5.69. The SMILES string of the molecule is COc1ccc(/C=C2\Oc3c(cc4c(c3C)OCN(Cc3ccc(C)cc3)C4)C2=O)cc1OC. The van der Waals surface area contributed by atoms with Crippen molar-refractivity contribution in [3.05, 3.63) is 87.7 Å². The predicted octanol–water partition coefficient (Wildman–Crippen LogP) is 5.29. The molecule has 0 aliphatic carbocycles. The van der Waals surface area contributed by atoms with E-state index in [2.05, 4.69) is 36.1 Å². The lowest BCUT2D eigenvalue weighted by Gasteiger charge is -2.30. The smallest absolute Gasteiger partial charge is 0.231 e. The summed E-state index contributed by atoms with van der Waals surface area (Å²) in [6.45, 7) is 6.01. The lowest BCUT2D eigenvalue weighted by Crippen LogP contribution is -2.32. The number of allylic oxidation sites excluding steroid dienone is 1. The van der Waals surface area contributed by atoms with Crippen molar-refractivity contribution in [3.8, 4) is 23.0 Å². The largest absolute Gasteiger partial charge is 0.493 e. The minimum atomic E-state index is -0.133. The van der Waals surface area contributed by atoms with Gasteiger partial charge in [-0.1, -0.05) is 35.9 Å². The first-order valence-electron chi connectivity index (χ1n) is 11.2. The van der Waals surface area contributed by atoms with Crippen molar-refractivity contribution in [2.75, 3.05) is 21.0 Å². The first-order valence-corrected chi connectivity index (χ1v) is 11.2. The highest BCUT2D eigenvalue weighted by molar-refractivity contribution is 6.15. The monoisotopic (exact) mass is 457 g/mol. The van der Waals surface area contributed by atoms with Crippen molar-refractivity contribution in [3.63, 3.8) is 0 Å². The summed E-state index contributed by atoms with van der Waals surface area (Å²) in [6.07, 6.45) is 1.73. The van der Waals surface area contributed by atoms with Crippen molar-refractivity contribution in [1.82, 2.24) is 4.90 Å². The van der Waals surface area contributed by atoms with E-state index in [1.807, 2.05) is 25.1 Å². The Morgan fingerprint density at radius 2 is 1.74 bits per heavy atom. The van der Waals surface area contributed by atoms with Gasteiger partial charge >= 0.3 is 0 Å². The van der Waals surface area contributed by atoms with Gasteiger partial charge in [-0.2, -0.15) is 0 Å². The van der Waals surface area contributed by atoms with E-state index in [0.717, 1.165) is 29.0 Å². The Kier molecular flexibility index (Phi) is 5.75. The molecule has 174 valence electrons. The molecular formula is C28H27NO5. The predicted molar refractivity (Wildman–Crippen MR) is 130 cm³/mol. The van der Waals surface area contributed by atoms with Crippen LogP contribution in [0.2, 0.25) is 0 Å². The molecule has 3 aromatic carbocycles. The maximum Gasteiger partial charge on any atom is 0.231 e. The lowest BCUT2D eigenvalue weighted by molar-refractivity contribution is 0.0876. The number of rotatable bonds is 5. The zero-order valence-electron chi connectivity index (χ0n) is 19.8. The number of carbonyl (C=O) groups excluding carboxylic acids is 1. The van der Waals surface area contributed by atoms with Crippen LogP contribution >= 0.6 is 0 Å². The Balaban J connectivity index is 1.40. The van der Waals surface area contributed by atoms with Crippen LogP contribution in [0.25, 0.3) is 6.08 Å². The molecule has 0 aromatic heterocycles. The topological polar surface area (TPSA) is 57.2 Å². The van der Waals surface area contributed by atoms with Gasteiger partial charge in [-0.15, -0.1) is 0 Å². The highest BCUT2D eigenvalue weighted by Crippen LogP contribution is 2.43. The molecule has 0 amide bonds. The van der Waals surface area contributed by atoms with E-state index in [1.165, 1.54) is 11.1 Å². The molecule has 6 heteroatoms. The Labute approximate surface area is 199 Å². The summed E-state index contributed by atoms with van der Waals surface area (Å²) in [7, 11) is 3.17. The zero-order chi connectivity index (χ0) is 23.8. The van der Waals surface area contributed by atoms with Gasteiger partial charge in [-0.25, -0.2) is 0 Å². The fourth-order valence-electron chi connectivity index (χ4n) is 4.44. The van der Waals surface area contributed by atoms with Crippen molar-refractivity contribution in [2.24, 2.45) is 0 Å². The number of hydrogen-bond donors (Lipinski definition) is 0. The number of carbonyl (C=O) groups is 1. The quantitative estimate of drug-likeness (QED) is 0.486. The molecule has 0 unspecified atom stereocenters. The average molecular weight is 458 g/mol. The third-order valence-corrected chi connectivity index (χ3v) is 6.23. The summed E-state index contributed by atoms with van der Waals surface area (Å²) < 4.78 is 22.8. The third-order valence-electron chi connectivity index (χ3n) is 6.23. The number of hydrogen-bond acceptors (Lipinski definition) is 6. The van der Waals surface area contributed by atoms with Crippen LogP contribution in [-0.4, -0.2) is 31.6 Å². The molecule has 2 aliphatic heterocycles. The molecule has 0 saturated carbocycles. The highest BCUT2D eigenvalue weighted by atomic mass is 16.5. The number of fused-ring (bicyclic) bond motifs is 2. The molecule has 0 atom stereocenters. The van der Waals surface area contributed by atoms with E-state index in [4.69, 9.17) is 18.9 Å². The maximum atomic E-state index is 13.2. The lowest BCUT2D eigenvalue weighted by atomic mass is 9.99. The van der Waals surface area contributed by atoms with E-state index in [0.29, 0.717) is 36.1 Å². The molecule has 0 spiro atoms. The van der Waals surface area contributed by atoms with E-state index < -0.39 is 0 Å². The molecular weight excluding hydrogens is 430 g/mol. The molecule has 0 N–H and O–H groups in total. The number of aryl methyl sites for hydroxylation is 1. The zero-order valence-corrected chi connectivity index (χ0v) is 19.8. The van der Waals surface area contributed by atoms with Crippen LogP contribution in [0, 0.1) is 13.8 Å². The number of methoxy groups -OCH3 is 2. The minimum absolute atomic E-state index is 0.133. The van der Waals surface area contributed by atoms with Crippen LogP contribution in [-0.2, 0) is 13.1 Å². The first-order chi connectivity index (χ1) is 16.5. The molecule has 6 nitrogen and oxygen atoms in total. The van der Waals surface area contributed by atoms with E-state index >= 15 is 0 Å². The van der Waals surface area contributed by atoms with Gasteiger partial charge in [0.05, 0.1) is 19.8 Å². The van der Waals surface area contributed by atoms with E-state index in [1.54, 1.807) is 26.4 Å². The summed E-state index contributed by atoms with van der Waals surface area (Å²) in [4.78, 5) is 15.4. The fraction of sp³-hybridized carbons (Fsp3) is 0.250. The summed E-state index contributed by atoms with van der Waals surface area (Å²) in [6, 6.07) is 15.9. The minimum Gasteiger partial charge on any atom is -0.493 e. The second kappa shape index (κ2) is 8.88. The molecule has 0 fully saturated rings. The molecule has 3 aromatic rings. The molecule has 0 bridgehead atoms. The van der Waals surface area contributed by atoms with Crippen LogP contribution in [0.5, 0.6) is 23.0 Å². The second-order valence-corrected chi connectivity index (χ2v) is 8.67. The van der Waals surface area contributed by atoms with Gasteiger partial charge < -0.3 is 18.9 Å². The van der Waals surface area contributed by atoms with Crippen LogP contribution in [0.15, 0.2) is 54.3 Å². The second-order valence-electron chi connectivity index (χ2n) is 8.67. The summed E-state index contributed by atoms with van der Waals surface area (Å²) >= 11 is 0. The van der Waals surface area contributed by atoms with Crippen molar-refractivity contribution in [2.45, 2.75) is 26.9 Å². The highest BCUT2D eigenvalue weighted by Gasteiger charge is 2.33. The van der Waals surface area contributed by atoms with Crippen LogP contribution in [0.1, 0.15) is 38.2 Å². The average Bonchev–Trinajstić information content (AvgIpc) is 3.16. The molecule has 0 radical (unpaired) electrons. The third kappa shape index (κ3) is 4.01. The standard InChI is InChI=1S/C28H27NO5/c1-17-5-7-19(8-6-17)14-29-15-21-13-22-26(30)25(34-28(22)18(2)27(21)33-16-29)12-20-9-10-23(31-3)24(11-20)32-4/h5-13H,14-16H2,1-4H3/b25-12-. The van der Waals surface area contributed by atoms with Crippen molar-refractivity contribution >= 4 is 11.9 Å². The van der Waals surface area contributed by atoms with Crippen LogP contribution in [0.3, 0.4) is 0 Å². The Hall–Kier alpha value is -3.77. The van der Waals surface area contributed by atoms with Crippen LogP contribution < -0.4 is 18.9 Å².